The highest BCUT2D eigenvalue weighted by Crippen LogP contribution is 2.34. The summed E-state index contributed by atoms with van der Waals surface area (Å²) in [7, 11) is 0. The Morgan fingerprint density at radius 1 is 1.21 bits per heavy atom. The zero-order valence-electron chi connectivity index (χ0n) is 15.8. The second-order valence-electron chi connectivity index (χ2n) is 6.62. The van der Waals surface area contributed by atoms with Crippen molar-refractivity contribution in [3.8, 4) is 5.88 Å². The lowest BCUT2D eigenvalue weighted by Crippen LogP contribution is -2.24. The number of hydrogen-bond donors (Lipinski definition) is 2. The summed E-state index contributed by atoms with van der Waals surface area (Å²) in [6, 6.07) is 15.2. The van der Waals surface area contributed by atoms with Crippen molar-refractivity contribution >= 4 is 46.5 Å². The van der Waals surface area contributed by atoms with Gasteiger partial charge in [0.1, 0.15) is 6.54 Å². The minimum absolute atomic E-state index is 0.221. The number of rotatable bonds is 5. The molecule has 3 aromatic rings. The molecule has 0 radical (unpaired) electrons. The summed E-state index contributed by atoms with van der Waals surface area (Å²) in [6.07, 6.45) is 4.33. The molecule has 146 valence electrons. The van der Waals surface area contributed by atoms with E-state index in [2.05, 4.69) is 17.2 Å². The first-order valence-corrected chi connectivity index (χ1v) is 10.0. The SMILES string of the molecule is CCc1ccc(NC(=O)Cn2c(O)c(C=C3C=Nc4ccccc43)sc2=O)cc1. The van der Waals surface area contributed by atoms with Crippen molar-refractivity contribution in [3.05, 3.63) is 74.2 Å². The van der Waals surface area contributed by atoms with E-state index in [9.17, 15) is 14.7 Å². The van der Waals surface area contributed by atoms with Crippen LogP contribution in [0.25, 0.3) is 11.6 Å². The molecule has 0 saturated heterocycles. The normalized spacial score (nSPS) is 13.6. The minimum Gasteiger partial charge on any atom is -0.493 e. The van der Waals surface area contributed by atoms with Crippen molar-refractivity contribution in [2.24, 2.45) is 4.99 Å². The van der Waals surface area contributed by atoms with Crippen molar-refractivity contribution in [1.29, 1.82) is 0 Å². The van der Waals surface area contributed by atoms with Gasteiger partial charge in [-0.05, 0) is 36.3 Å². The van der Waals surface area contributed by atoms with Gasteiger partial charge in [-0.1, -0.05) is 48.6 Å². The van der Waals surface area contributed by atoms with Crippen LogP contribution >= 0.6 is 11.3 Å². The summed E-state index contributed by atoms with van der Waals surface area (Å²) in [5.74, 6) is -0.599. The lowest BCUT2D eigenvalue weighted by atomic mass is 10.1. The smallest absolute Gasteiger partial charge is 0.311 e. The Kier molecular flexibility index (Phi) is 5.14. The number of anilines is 1. The minimum atomic E-state index is -0.394. The Bertz CT molecular complexity index is 1190. The fourth-order valence-corrected chi connectivity index (χ4v) is 3.95. The molecular weight excluding hydrogens is 386 g/mol. The molecule has 1 aliphatic heterocycles. The monoisotopic (exact) mass is 405 g/mol. The molecule has 0 saturated carbocycles. The number of aromatic nitrogens is 1. The molecule has 1 amide bonds. The molecule has 7 heteroatoms. The van der Waals surface area contributed by atoms with Crippen LogP contribution in [0.5, 0.6) is 5.88 Å². The molecule has 4 rings (SSSR count). The van der Waals surface area contributed by atoms with Crippen LogP contribution in [0.15, 0.2) is 58.3 Å². The van der Waals surface area contributed by atoms with Gasteiger partial charge in [-0.3, -0.25) is 19.1 Å². The maximum atomic E-state index is 12.3. The van der Waals surface area contributed by atoms with Crippen LogP contribution in [0.1, 0.15) is 22.9 Å². The number of carbonyl (C=O) groups excluding carboxylic acids is 1. The molecule has 0 spiro atoms. The highest BCUT2D eigenvalue weighted by atomic mass is 32.1. The van der Waals surface area contributed by atoms with Gasteiger partial charge in [0.05, 0.1) is 10.6 Å². The molecule has 6 nitrogen and oxygen atoms in total. The van der Waals surface area contributed by atoms with E-state index < -0.39 is 4.87 Å². The van der Waals surface area contributed by atoms with E-state index in [1.165, 1.54) is 5.56 Å². The number of aliphatic imine (C=N–C) groups is 1. The summed E-state index contributed by atoms with van der Waals surface area (Å²) < 4.78 is 1.07. The van der Waals surface area contributed by atoms with Crippen LogP contribution in [-0.2, 0) is 17.8 Å². The number of hydrogen-bond acceptors (Lipinski definition) is 5. The number of thiazole rings is 1. The van der Waals surface area contributed by atoms with E-state index in [0.29, 0.717) is 10.6 Å². The fourth-order valence-electron chi connectivity index (χ4n) is 3.11. The zero-order valence-corrected chi connectivity index (χ0v) is 16.6. The number of nitrogens with one attached hydrogen (secondary N) is 1. The molecule has 0 unspecified atom stereocenters. The van der Waals surface area contributed by atoms with Gasteiger partial charge < -0.3 is 10.4 Å². The molecule has 2 aromatic carbocycles. The first-order chi connectivity index (χ1) is 14.0. The highest BCUT2D eigenvalue weighted by molar-refractivity contribution is 7.10. The summed E-state index contributed by atoms with van der Waals surface area (Å²) in [6.45, 7) is 1.80. The number of carbonyl (C=O) groups is 1. The van der Waals surface area contributed by atoms with Gasteiger partial charge in [-0.2, -0.15) is 0 Å². The molecule has 1 aliphatic rings. The van der Waals surface area contributed by atoms with Crippen molar-refractivity contribution in [1.82, 2.24) is 4.57 Å². The number of amides is 1. The van der Waals surface area contributed by atoms with Gasteiger partial charge in [0, 0.05) is 23.0 Å². The average molecular weight is 405 g/mol. The van der Waals surface area contributed by atoms with Crippen molar-refractivity contribution in [2.75, 3.05) is 5.32 Å². The fraction of sp³-hybridized carbons (Fsp3) is 0.136. The van der Waals surface area contributed by atoms with Crippen LogP contribution in [0.4, 0.5) is 11.4 Å². The first kappa shape index (κ1) is 18.9. The van der Waals surface area contributed by atoms with E-state index in [1.807, 2.05) is 48.5 Å². The summed E-state index contributed by atoms with van der Waals surface area (Å²) in [5, 5.41) is 13.3. The third kappa shape index (κ3) is 3.90. The number of aromatic hydroxyl groups is 1. The quantitative estimate of drug-likeness (QED) is 0.671. The van der Waals surface area contributed by atoms with E-state index >= 15 is 0 Å². The van der Waals surface area contributed by atoms with Gasteiger partial charge in [0.25, 0.3) is 0 Å². The maximum Gasteiger partial charge on any atom is 0.311 e. The van der Waals surface area contributed by atoms with Crippen LogP contribution in [0.3, 0.4) is 0 Å². The topological polar surface area (TPSA) is 83.7 Å². The Balaban J connectivity index is 1.53. The molecule has 0 aliphatic carbocycles. The van der Waals surface area contributed by atoms with E-state index in [0.717, 1.165) is 39.1 Å². The number of aryl methyl sites for hydroxylation is 1. The number of fused-ring (bicyclic) bond motifs is 1. The van der Waals surface area contributed by atoms with E-state index in [1.54, 1.807) is 12.3 Å². The third-order valence-corrected chi connectivity index (χ3v) is 5.60. The van der Waals surface area contributed by atoms with Gasteiger partial charge >= 0.3 is 4.87 Å². The number of allylic oxidation sites excluding steroid dienone is 1. The van der Waals surface area contributed by atoms with Crippen LogP contribution in [0, 0.1) is 0 Å². The number of para-hydroxylation sites is 1. The molecule has 2 heterocycles. The van der Waals surface area contributed by atoms with E-state index in [4.69, 9.17) is 0 Å². The zero-order chi connectivity index (χ0) is 20.4. The standard InChI is InChI=1S/C22H19N3O3S/c1-2-14-7-9-16(10-8-14)24-20(26)13-25-21(27)19(29-22(25)28)11-15-12-23-18-6-4-3-5-17(15)18/h3-12,27H,2,13H2,1H3,(H,24,26). The van der Waals surface area contributed by atoms with Crippen molar-refractivity contribution in [2.45, 2.75) is 19.9 Å². The lowest BCUT2D eigenvalue weighted by molar-refractivity contribution is -0.116. The highest BCUT2D eigenvalue weighted by Gasteiger charge is 2.18. The first-order valence-electron chi connectivity index (χ1n) is 9.21. The molecule has 1 aromatic heterocycles. The number of benzene rings is 2. The Morgan fingerprint density at radius 3 is 2.72 bits per heavy atom. The van der Waals surface area contributed by atoms with E-state index in [-0.39, 0.29) is 18.3 Å². The summed E-state index contributed by atoms with van der Waals surface area (Å²) in [5.41, 5.74) is 4.41. The third-order valence-electron chi connectivity index (χ3n) is 4.69. The molecule has 0 bridgehead atoms. The molecule has 0 fully saturated rings. The average Bonchev–Trinajstić information content (AvgIpc) is 3.25. The molecular formula is C22H19N3O3S. The molecule has 0 atom stereocenters. The molecule has 29 heavy (non-hydrogen) atoms. The van der Waals surface area contributed by atoms with Gasteiger partial charge in [-0.25, -0.2) is 0 Å². The second kappa shape index (κ2) is 7.89. The maximum absolute atomic E-state index is 12.3. The van der Waals surface area contributed by atoms with Crippen LogP contribution in [0.2, 0.25) is 0 Å². The van der Waals surface area contributed by atoms with Crippen LogP contribution in [-0.4, -0.2) is 21.8 Å². The van der Waals surface area contributed by atoms with Gasteiger partial charge in [0.15, 0.2) is 0 Å². The van der Waals surface area contributed by atoms with Crippen LogP contribution < -0.4 is 10.2 Å². The Hall–Kier alpha value is -3.45. The van der Waals surface area contributed by atoms with Gasteiger partial charge in [0.2, 0.25) is 11.8 Å². The second-order valence-corrected chi connectivity index (χ2v) is 7.61. The Labute approximate surface area is 171 Å². The largest absolute Gasteiger partial charge is 0.493 e. The lowest BCUT2D eigenvalue weighted by Gasteiger charge is -2.07. The van der Waals surface area contributed by atoms with Crippen molar-refractivity contribution < 1.29 is 9.90 Å². The summed E-state index contributed by atoms with van der Waals surface area (Å²) in [4.78, 5) is 29.0. The molecule has 2 N–H and O–H groups in total. The van der Waals surface area contributed by atoms with Gasteiger partial charge in [-0.15, -0.1) is 0 Å². The predicted octanol–water partition coefficient (Wildman–Crippen LogP) is 4.07. The predicted molar refractivity (Wildman–Crippen MR) is 117 cm³/mol. The summed E-state index contributed by atoms with van der Waals surface area (Å²) >= 11 is 0.895. The Morgan fingerprint density at radius 2 is 1.97 bits per heavy atom. The van der Waals surface area contributed by atoms with Crippen molar-refractivity contribution in [3.63, 3.8) is 0 Å². The number of nitrogens with zero attached hydrogens (tertiary/aromatic N) is 2.